The lowest BCUT2D eigenvalue weighted by molar-refractivity contribution is -0.275. The molecule has 0 fully saturated rings. The molecule has 0 atom stereocenters. The molecule has 0 saturated heterocycles. The van der Waals surface area contributed by atoms with Gasteiger partial charge in [0.25, 0.3) is 5.56 Å². The number of H-pyrrole nitrogens is 1. The highest BCUT2D eigenvalue weighted by Gasteiger charge is 2.32. The van der Waals surface area contributed by atoms with Crippen LogP contribution in [-0.2, 0) is 16.5 Å². The maximum Gasteiger partial charge on any atom is 0.573 e. The standard InChI is InChI=1S/C9H7BrF3NO4/c10-3-4-1-6(18-9(11,12)13)5(2-7(15)16)14-8(4)17/h1H,2-3H2,(H,14,17)(H,15,16). The molecule has 0 amide bonds. The van der Waals surface area contributed by atoms with Crippen LogP contribution in [0.25, 0.3) is 0 Å². The Hall–Kier alpha value is -1.51. The van der Waals surface area contributed by atoms with Crippen LogP contribution in [0.5, 0.6) is 5.75 Å². The molecule has 0 aliphatic carbocycles. The zero-order chi connectivity index (χ0) is 13.9. The molecule has 0 aliphatic heterocycles. The van der Waals surface area contributed by atoms with Crippen molar-refractivity contribution in [2.24, 2.45) is 0 Å². The topological polar surface area (TPSA) is 79.4 Å². The molecule has 0 spiro atoms. The molecule has 0 aliphatic rings. The van der Waals surface area contributed by atoms with E-state index < -0.39 is 35.8 Å². The summed E-state index contributed by atoms with van der Waals surface area (Å²) in [6.07, 6.45) is -5.74. The molecule has 1 aromatic heterocycles. The van der Waals surface area contributed by atoms with Crippen molar-refractivity contribution >= 4 is 21.9 Å². The summed E-state index contributed by atoms with van der Waals surface area (Å²) < 4.78 is 40.0. The third-order valence-corrected chi connectivity index (χ3v) is 2.46. The van der Waals surface area contributed by atoms with E-state index in [-0.39, 0.29) is 10.9 Å². The summed E-state index contributed by atoms with van der Waals surface area (Å²) in [5.74, 6) is -2.11. The van der Waals surface area contributed by atoms with Crippen LogP contribution in [0.1, 0.15) is 11.3 Å². The molecule has 0 bridgehead atoms. The summed E-state index contributed by atoms with van der Waals surface area (Å²) >= 11 is 2.92. The van der Waals surface area contributed by atoms with Crippen LogP contribution < -0.4 is 10.3 Å². The van der Waals surface area contributed by atoms with Crippen LogP contribution in [0.4, 0.5) is 13.2 Å². The highest BCUT2D eigenvalue weighted by Crippen LogP contribution is 2.26. The van der Waals surface area contributed by atoms with Gasteiger partial charge in [-0.15, -0.1) is 13.2 Å². The van der Waals surface area contributed by atoms with Crippen molar-refractivity contribution in [2.75, 3.05) is 0 Å². The Balaban J connectivity index is 3.25. The second-order valence-corrected chi connectivity index (χ2v) is 3.78. The SMILES string of the molecule is O=C(O)Cc1[nH]c(=O)c(CBr)cc1OC(F)(F)F. The van der Waals surface area contributed by atoms with Gasteiger partial charge in [-0.05, 0) is 6.07 Å². The highest BCUT2D eigenvalue weighted by atomic mass is 79.9. The number of hydrogen-bond acceptors (Lipinski definition) is 3. The molecular formula is C9H7BrF3NO4. The fraction of sp³-hybridized carbons (Fsp3) is 0.333. The van der Waals surface area contributed by atoms with Crippen molar-refractivity contribution in [3.8, 4) is 5.75 Å². The minimum atomic E-state index is -4.96. The molecule has 18 heavy (non-hydrogen) atoms. The van der Waals surface area contributed by atoms with Gasteiger partial charge < -0.3 is 14.8 Å². The van der Waals surface area contributed by atoms with E-state index in [1.165, 1.54) is 0 Å². The number of aromatic nitrogens is 1. The number of carbonyl (C=O) groups is 1. The van der Waals surface area contributed by atoms with Gasteiger partial charge in [-0.25, -0.2) is 0 Å². The molecule has 0 saturated carbocycles. The molecule has 0 aromatic carbocycles. The molecule has 9 heteroatoms. The summed E-state index contributed by atoms with van der Waals surface area (Å²) in [5.41, 5.74) is -1.10. The van der Waals surface area contributed by atoms with Gasteiger partial charge in [0.15, 0.2) is 0 Å². The van der Waals surface area contributed by atoms with Crippen molar-refractivity contribution in [1.82, 2.24) is 4.98 Å². The Morgan fingerprint density at radius 1 is 1.50 bits per heavy atom. The van der Waals surface area contributed by atoms with Gasteiger partial charge in [-0.1, -0.05) is 15.9 Å². The Bertz CT molecular complexity index is 512. The zero-order valence-corrected chi connectivity index (χ0v) is 10.3. The molecule has 0 unspecified atom stereocenters. The fourth-order valence-electron chi connectivity index (χ4n) is 1.19. The van der Waals surface area contributed by atoms with E-state index in [2.05, 4.69) is 25.7 Å². The molecule has 100 valence electrons. The molecule has 5 nitrogen and oxygen atoms in total. The number of rotatable bonds is 4. The zero-order valence-electron chi connectivity index (χ0n) is 8.68. The van der Waals surface area contributed by atoms with E-state index in [4.69, 9.17) is 5.11 Å². The van der Waals surface area contributed by atoms with E-state index in [1.807, 2.05) is 0 Å². The van der Waals surface area contributed by atoms with Gasteiger partial charge >= 0.3 is 12.3 Å². The first-order valence-corrected chi connectivity index (χ1v) is 5.63. The van der Waals surface area contributed by atoms with Gasteiger partial charge in [-0.3, -0.25) is 9.59 Å². The van der Waals surface area contributed by atoms with E-state index in [0.717, 1.165) is 6.07 Å². The lowest BCUT2D eigenvalue weighted by Crippen LogP contribution is -2.22. The van der Waals surface area contributed by atoms with Crippen LogP contribution in [0, 0.1) is 0 Å². The average Bonchev–Trinajstić information content (AvgIpc) is 2.19. The quantitative estimate of drug-likeness (QED) is 0.825. The number of halogens is 4. The summed E-state index contributed by atoms with van der Waals surface area (Å²) in [7, 11) is 0. The summed E-state index contributed by atoms with van der Waals surface area (Å²) in [6.45, 7) is 0. The largest absolute Gasteiger partial charge is 0.573 e. The summed E-state index contributed by atoms with van der Waals surface area (Å²) in [4.78, 5) is 23.9. The Morgan fingerprint density at radius 2 is 2.11 bits per heavy atom. The predicted molar refractivity (Wildman–Crippen MR) is 57.7 cm³/mol. The van der Waals surface area contributed by atoms with Gasteiger partial charge in [-0.2, -0.15) is 0 Å². The Morgan fingerprint density at radius 3 is 2.56 bits per heavy atom. The third kappa shape index (κ3) is 4.06. The molecule has 2 N–H and O–H groups in total. The molecule has 1 rings (SSSR count). The van der Waals surface area contributed by atoms with Crippen LogP contribution in [0.2, 0.25) is 0 Å². The van der Waals surface area contributed by atoms with Crippen molar-refractivity contribution < 1.29 is 27.8 Å². The Kier molecular flexibility index (Phi) is 4.38. The monoisotopic (exact) mass is 329 g/mol. The van der Waals surface area contributed by atoms with E-state index in [9.17, 15) is 22.8 Å². The van der Waals surface area contributed by atoms with Crippen molar-refractivity contribution in [2.45, 2.75) is 18.1 Å². The number of ether oxygens (including phenoxy) is 1. The van der Waals surface area contributed by atoms with Crippen LogP contribution in [0.15, 0.2) is 10.9 Å². The van der Waals surface area contributed by atoms with Crippen molar-refractivity contribution in [1.29, 1.82) is 0 Å². The number of nitrogens with one attached hydrogen (secondary N) is 1. The second kappa shape index (κ2) is 5.42. The van der Waals surface area contributed by atoms with Crippen molar-refractivity contribution in [3.63, 3.8) is 0 Å². The lowest BCUT2D eigenvalue weighted by Gasteiger charge is -2.12. The van der Waals surface area contributed by atoms with E-state index in [0.29, 0.717) is 0 Å². The van der Waals surface area contributed by atoms with E-state index in [1.54, 1.807) is 0 Å². The number of hydrogen-bond donors (Lipinski definition) is 2. The molecular weight excluding hydrogens is 323 g/mol. The maximum atomic E-state index is 12.1. The maximum absolute atomic E-state index is 12.1. The smallest absolute Gasteiger partial charge is 0.481 e. The van der Waals surface area contributed by atoms with Crippen molar-refractivity contribution in [3.05, 3.63) is 27.7 Å². The minimum Gasteiger partial charge on any atom is -0.481 e. The molecule has 1 aromatic rings. The molecule has 0 radical (unpaired) electrons. The first kappa shape index (κ1) is 14.6. The first-order chi connectivity index (χ1) is 8.23. The highest BCUT2D eigenvalue weighted by molar-refractivity contribution is 9.08. The number of alkyl halides is 4. The van der Waals surface area contributed by atoms with Crippen LogP contribution in [0.3, 0.4) is 0 Å². The van der Waals surface area contributed by atoms with Gasteiger partial charge in [0.05, 0.1) is 12.1 Å². The number of carboxylic acid groups (broad SMARTS) is 1. The average molecular weight is 330 g/mol. The second-order valence-electron chi connectivity index (χ2n) is 3.22. The first-order valence-electron chi connectivity index (χ1n) is 4.51. The normalized spacial score (nSPS) is 11.3. The number of pyridine rings is 1. The van der Waals surface area contributed by atoms with Gasteiger partial charge in [0.2, 0.25) is 0 Å². The number of carboxylic acids is 1. The minimum absolute atomic E-state index is 0.00314. The fourth-order valence-corrected chi connectivity index (χ4v) is 1.60. The number of aliphatic carboxylic acids is 1. The predicted octanol–water partition coefficient (Wildman–Crippen LogP) is 1.80. The van der Waals surface area contributed by atoms with E-state index >= 15 is 0 Å². The van der Waals surface area contributed by atoms with Crippen LogP contribution >= 0.6 is 15.9 Å². The molecule has 1 heterocycles. The summed E-state index contributed by atoms with van der Waals surface area (Å²) in [6, 6.07) is 0.860. The Labute approximate surface area is 107 Å². The lowest BCUT2D eigenvalue weighted by atomic mass is 10.2. The van der Waals surface area contributed by atoms with Gasteiger partial charge in [0, 0.05) is 10.9 Å². The third-order valence-electron chi connectivity index (χ3n) is 1.86. The van der Waals surface area contributed by atoms with Crippen LogP contribution in [-0.4, -0.2) is 22.4 Å². The summed E-state index contributed by atoms with van der Waals surface area (Å²) in [5, 5.41) is 8.56. The van der Waals surface area contributed by atoms with Gasteiger partial charge in [0.1, 0.15) is 5.75 Å². The number of aromatic amines is 1.